The molecule has 3 aromatic rings. The van der Waals surface area contributed by atoms with E-state index in [4.69, 9.17) is 5.21 Å². The maximum Gasteiger partial charge on any atom is 0.363 e. The van der Waals surface area contributed by atoms with Gasteiger partial charge in [-0.3, -0.25) is 19.5 Å². The normalized spacial score (nSPS) is 16.8. The maximum atomic E-state index is 12.6. The van der Waals surface area contributed by atoms with Gasteiger partial charge in [0.15, 0.2) is 10.8 Å². The van der Waals surface area contributed by atoms with Gasteiger partial charge in [-0.2, -0.15) is 8.10 Å². The van der Waals surface area contributed by atoms with Gasteiger partial charge in [-0.1, -0.05) is 29.5 Å². The van der Waals surface area contributed by atoms with Gasteiger partial charge in [-0.15, -0.1) is 0 Å². The predicted molar refractivity (Wildman–Crippen MR) is 116 cm³/mol. The molecule has 1 saturated heterocycles. The Hall–Kier alpha value is -2.70. The van der Waals surface area contributed by atoms with Crippen LogP contribution in [0.15, 0.2) is 55.0 Å². The summed E-state index contributed by atoms with van der Waals surface area (Å²) in [6, 6.07) is 11.4. The molecule has 0 spiro atoms. The van der Waals surface area contributed by atoms with Crippen molar-refractivity contribution in [2.45, 2.75) is 0 Å². The molecule has 9 nitrogen and oxygen atoms in total. The number of pyridine rings is 1. The van der Waals surface area contributed by atoms with E-state index in [2.05, 4.69) is 9.97 Å². The van der Waals surface area contributed by atoms with E-state index in [1.165, 1.54) is 17.5 Å². The van der Waals surface area contributed by atoms with Crippen LogP contribution in [-0.2, 0) is 11.3 Å². The fraction of sp³-hybridized carbons (Fsp3) is 0.211. The van der Waals surface area contributed by atoms with Crippen molar-refractivity contribution < 1.29 is 18.8 Å². The molecule has 30 heavy (non-hydrogen) atoms. The zero-order valence-corrected chi connectivity index (χ0v) is 17.5. The molecule has 156 valence electrons. The topological polar surface area (TPSA) is 116 Å². The van der Waals surface area contributed by atoms with E-state index < -0.39 is 17.2 Å². The minimum Gasteiger partial charge on any atom is -0.337 e. The fourth-order valence-corrected chi connectivity index (χ4v) is 5.29. The van der Waals surface area contributed by atoms with Crippen molar-refractivity contribution in [1.29, 1.82) is 0 Å². The van der Waals surface area contributed by atoms with Gasteiger partial charge in [0.25, 0.3) is 5.91 Å². The molecule has 1 aromatic carbocycles. The lowest BCUT2D eigenvalue weighted by molar-refractivity contribution is 0.0710. The highest BCUT2D eigenvalue weighted by Crippen LogP contribution is 2.38. The number of nitrogens with zero attached hydrogens (tertiary/aromatic N) is 4. The summed E-state index contributed by atoms with van der Waals surface area (Å²) in [7, 11) is 0. The Balaban J connectivity index is 1.63. The Labute approximate surface area is 179 Å². The highest BCUT2D eigenvalue weighted by atomic mass is 32.2. The van der Waals surface area contributed by atoms with Gasteiger partial charge < -0.3 is 4.90 Å². The third-order valence-corrected chi connectivity index (χ3v) is 7.38. The monoisotopic (exact) mass is 446 g/mol. The lowest BCUT2D eigenvalue weighted by Crippen LogP contribution is -2.61. The number of quaternary nitrogens is 1. The molecule has 4 rings (SSSR count). The smallest absolute Gasteiger partial charge is 0.337 e. The first kappa shape index (κ1) is 20.6. The molecule has 1 unspecified atom stereocenters. The Morgan fingerprint density at radius 1 is 1.17 bits per heavy atom. The van der Waals surface area contributed by atoms with Crippen molar-refractivity contribution in [3.05, 3.63) is 59.9 Å². The number of carbonyl (C=O) groups excluding carboxylic acids is 1. The standard InChI is InChI=1S/C19H19N5O4S2/c25-18(22-26)17-13-21-19(29-17)23-8-10-24(11-9-23,30(27)28)16-6-2-1-5-15(16)14-4-3-7-20-12-14/h1-7,12-13H,8-11H2,(H2-,22,25,26,27,28)/p+1. The van der Waals surface area contributed by atoms with E-state index in [0.717, 1.165) is 16.8 Å². The maximum absolute atomic E-state index is 12.6. The van der Waals surface area contributed by atoms with E-state index in [1.807, 2.05) is 41.3 Å². The molecule has 0 radical (unpaired) electrons. The first-order chi connectivity index (χ1) is 14.5. The summed E-state index contributed by atoms with van der Waals surface area (Å²) in [5.41, 5.74) is 4.13. The highest BCUT2D eigenvalue weighted by Gasteiger charge is 2.43. The summed E-state index contributed by atoms with van der Waals surface area (Å²) in [4.78, 5) is 22.3. The third kappa shape index (κ3) is 3.73. The SMILES string of the molecule is O=C(NO)c1cnc(N2CC[N+](c3ccccc3-c3cccnc3)(S(=O)O)CC2)s1. The zero-order chi connectivity index (χ0) is 21.1. The van der Waals surface area contributed by atoms with Crippen molar-refractivity contribution in [3.8, 4) is 11.1 Å². The van der Waals surface area contributed by atoms with E-state index in [1.54, 1.807) is 17.9 Å². The molecule has 0 saturated carbocycles. The van der Waals surface area contributed by atoms with Crippen LogP contribution in [0.5, 0.6) is 0 Å². The summed E-state index contributed by atoms with van der Waals surface area (Å²) >= 11 is -0.979. The molecular formula is C19H20N5O4S2+. The van der Waals surface area contributed by atoms with Crippen molar-refractivity contribution in [2.24, 2.45) is 0 Å². The minimum atomic E-state index is -2.14. The summed E-state index contributed by atoms with van der Waals surface area (Å²) in [6.45, 7) is 1.76. The van der Waals surface area contributed by atoms with Crippen LogP contribution < -0.4 is 14.3 Å². The minimum absolute atomic E-state index is 0.0864. The summed E-state index contributed by atoms with van der Waals surface area (Å²) < 4.78 is 22.8. The van der Waals surface area contributed by atoms with Gasteiger partial charge in [-0.25, -0.2) is 10.5 Å². The van der Waals surface area contributed by atoms with E-state index in [9.17, 15) is 13.6 Å². The molecule has 3 N–H and O–H groups in total. The number of hydrogen-bond donors (Lipinski definition) is 3. The Morgan fingerprint density at radius 2 is 1.93 bits per heavy atom. The van der Waals surface area contributed by atoms with Crippen LogP contribution in [0.25, 0.3) is 11.1 Å². The number of piperazine rings is 1. The van der Waals surface area contributed by atoms with Gasteiger partial charge in [0.05, 0.1) is 19.3 Å². The first-order valence-electron chi connectivity index (χ1n) is 9.19. The van der Waals surface area contributed by atoms with E-state index >= 15 is 0 Å². The van der Waals surface area contributed by atoms with Crippen LogP contribution in [0, 0.1) is 0 Å². The van der Waals surface area contributed by atoms with Crippen LogP contribution in [0.4, 0.5) is 10.8 Å². The van der Waals surface area contributed by atoms with Gasteiger partial charge in [0, 0.05) is 29.6 Å². The summed E-state index contributed by atoms with van der Waals surface area (Å²) in [5, 5.41) is 9.42. The van der Waals surface area contributed by atoms with Crippen molar-refractivity contribution >= 4 is 39.3 Å². The van der Waals surface area contributed by atoms with E-state index in [0.29, 0.717) is 36.2 Å². The average Bonchev–Trinajstić information content (AvgIpc) is 3.29. The zero-order valence-electron chi connectivity index (χ0n) is 15.8. The van der Waals surface area contributed by atoms with E-state index in [-0.39, 0.29) is 3.89 Å². The molecular weight excluding hydrogens is 426 g/mol. The van der Waals surface area contributed by atoms with Gasteiger partial charge in [0.1, 0.15) is 18.0 Å². The van der Waals surface area contributed by atoms with Crippen LogP contribution in [0.3, 0.4) is 0 Å². The predicted octanol–water partition coefficient (Wildman–Crippen LogP) is 2.29. The number of amides is 1. The quantitative estimate of drug-likeness (QED) is 0.238. The lowest BCUT2D eigenvalue weighted by atomic mass is 10.0. The molecule has 1 fully saturated rings. The number of para-hydroxylation sites is 1. The van der Waals surface area contributed by atoms with Crippen LogP contribution in [0.2, 0.25) is 0 Å². The second-order valence-electron chi connectivity index (χ2n) is 6.76. The number of hydroxylamine groups is 1. The third-order valence-electron chi connectivity index (χ3n) is 5.17. The summed E-state index contributed by atoms with van der Waals surface area (Å²) in [5.74, 6) is -0.609. The molecule has 1 amide bonds. The molecule has 1 aliphatic rings. The number of hydrogen-bond acceptors (Lipinski definition) is 7. The second-order valence-corrected chi connectivity index (χ2v) is 8.93. The number of benzene rings is 1. The largest absolute Gasteiger partial charge is 0.363 e. The lowest BCUT2D eigenvalue weighted by Gasteiger charge is -2.40. The highest BCUT2D eigenvalue weighted by molar-refractivity contribution is 7.78. The Kier molecular flexibility index (Phi) is 5.88. The van der Waals surface area contributed by atoms with Gasteiger partial charge in [0.2, 0.25) is 0 Å². The number of anilines is 1. The fourth-order valence-electron chi connectivity index (χ4n) is 3.63. The second kappa shape index (κ2) is 8.58. The van der Waals surface area contributed by atoms with Crippen molar-refractivity contribution in [1.82, 2.24) is 19.3 Å². The molecule has 1 aliphatic heterocycles. The van der Waals surface area contributed by atoms with Gasteiger partial charge in [-0.05, 0) is 12.1 Å². The molecule has 1 atom stereocenters. The van der Waals surface area contributed by atoms with Gasteiger partial charge >= 0.3 is 11.3 Å². The molecule has 0 bridgehead atoms. The van der Waals surface area contributed by atoms with Crippen LogP contribution >= 0.6 is 11.3 Å². The number of rotatable bonds is 5. The number of carbonyl (C=O) groups is 1. The Morgan fingerprint density at radius 3 is 2.60 bits per heavy atom. The molecule has 11 heteroatoms. The van der Waals surface area contributed by atoms with Crippen molar-refractivity contribution in [3.63, 3.8) is 0 Å². The van der Waals surface area contributed by atoms with Crippen LogP contribution in [0.1, 0.15) is 9.67 Å². The summed E-state index contributed by atoms with van der Waals surface area (Å²) in [6.07, 6.45) is 4.85. The van der Waals surface area contributed by atoms with Crippen molar-refractivity contribution in [2.75, 3.05) is 31.1 Å². The molecule has 0 aliphatic carbocycles. The first-order valence-corrected chi connectivity index (χ1v) is 11.1. The number of thiazole rings is 1. The number of nitrogens with one attached hydrogen (secondary N) is 1. The molecule has 2 aromatic heterocycles. The Bertz CT molecular complexity index is 1070. The molecule has 3 heterocycles. The average molecular weight is 447 g/mol. The van der Waals surface area contributed by atoms with Crippen LogP contribution in [-0.4, -0.2) is 56.0 Å². The number of aromatic nitrogens is 2.